The van der Waals surface area contributed by atoms with E-state index in [1.54, 1.807) is 37.6 Å². The lowest BCUT2D eigenvalue weighted by molar-refractivity contribution is -0.165. The van der Waals surface area contributed by atoms with E-state index < -0.39 is 36.8 Å². The Balaban J connectivity index is 1.47. The number of carbonyl (C=O) groups excluding carboxylic acids is 1. The summed E-state index contributed by atoms with van der Waals surface area (Å²) in [5.41, 5.74) is 2.68. The molecule has 2 atom stereocenters. The maximum absolute atomic E-state index is 14.7. The molecule has 0 bridgehead atoms. The number of hydrogen-bond donors (Lipinski definition) is 0. The number of hydrogen-bond acceptors (Lipinski definition) is 10. The minimum absolute atomic E-state index is 0.0393. The second-order valence-electron chi connectivity index (χ2n) is 11.6. The van der Waals surface area contributed by atoms with Crippen LogP contribution in [0.5, 0.6) is 0 Å². The summed E-state index contributed by atoms with van der Waals surface area (Å²) >= 11 is 3.35. The molecule has 1 aliphatic rings. The van der Waals surface area contributed by atoms with Gasteiger partial charge in [0.25, 0.3) is 5.34 Å². The molecule has 3 aromatic carbocycles. The van der Waals surface area contributed by atoms with Crippen LogP contribution in [-0.2, 0) is 45.6 Å². The molecule has 2 aromatic heterocycles. The van der Waals surface area contributed by atoms with Gasteiger partial charge in [0.2, 0.25) is 0 Å². The molecule has 3 heterocycles. The molecule has 0 saturated carbocycles. The highest BCUT2D eigenvalue weighted by Gasteiger charge is 2.60. The van der Waals surface area contributed by atoms with E-state index in [0.29, 0.717) is 50.9 Å². The van der Waals surface area contributed by atoms with Gasteiger partial charge < -0.3 is 23.3 Å². The molecule has 50 heavy (non-hydrogen) atoms. The van der Waals surface area contributed by atoms with Crippen LogP contribution in [0, 0.1) is 11.6 Å². The van der Waals surface area contributed by atoms with E-state index in [-0.39, 0.29) is 38.4 Å². The Kier molecular flexibility index (Phi) is 11.1. The number of rotatable bonds is 14. The first-order valence-electron chi connectivity index (χ1n) is 16.4. The minimum Gasteiger partial charge on any atom is -0.463 e. The van der Waals surface area contributed by atoms with Gasteiger partial charge >= 0.3 is 13.6 Å². The van der Waals surface area contributed by atoms with Gasteiger partial charge in [0.05, 0.1) is 48.8 Å². The molecule has 6 rings (SSSR count). The van der Waals surface area contributed by atoms with Gasteiger partial charge in [0, 0.05) is 22.9 Å². The zero-order valence-electron chi connectivity index (χ0n) is 27.8. The third-order valence-corrected chi connectivity index (χ3v) is 11.4. The fourth-order valence-electron chi connectivity index (χ4n) is 6.07. The third-order valence-electron chi connectivity index (χ3n) is 8.35. The number of esters is 1. The summed E-state index contributed by atoms with van der Waals surface area (Å²) in [6.07, 6.45) is 1.84. The molecular formula is C34H37BrF2N5O7P. The van der Waals surface area contributed by atoms with E-state index in [0.717, 1.165) is 12.8 Å². The van der Waals surface area contributed by atoms with Crippen LogP contribution in [0.2, 0.25) is 0 Å². The SMILES string of the molecule is CCOC(=O)C(Cc1ccc(F)cc1)(OCc1nn(C2CCCCO2)c2cc(-n3nnc4c(F)cc(Br)cc43)ccc12)P(=O)(OCC)OCC. The number of ether oxygens (including phenoxy) is 3. The van der Waals surface area contributed by atoms with Crippen LogP contribution in [0.1, 0.15) is 57.5 Å². The van der Waals surface area contributed by atoms with Gasteiger partial charge in [-0.25, -0.2) is 22.9 Å². The topological polar surface area (TPSA) is 129 Å². The van der Waals surface area contributed by atoms with Gasteiger partial charge in [-0.3, -0.25) is 4.57 Å². The molecule has 0 N–H and O–H groups in total. The molecule has 12 nitrogen and oxygen atoms in total. The summed E-state index contributed by atoms with van der Waals surface area (Å²) in [7, 11) is -4.42. The Morgan fingerprint density at radius 3 is 2.46 bits per heavy atom. The van der Waals surface area contributed by atoms with Crippen molar-refractivity contribution in [3.8, 4) is 5.69 Å². The van der Waals surface area contributed by atoms with Crippen LogP contribution in [0.3, 0.4) is 0 Å². The molecule has 2 unspecified atom stereocenters. The van der Waals surface area contributed by atoms with E-state index in [1.165, 1.54) is 35.0 Å². The van der Waals surface area contributed by atoms with Crippen molar-refractivity contribution >= 4 is 51.4 Å². The van der Waals surface area contributed by atoms with Crippen LogP contribution in [0.15, 0.2) is 59.1 Å². The van der Waals surface area contributed by atoms with Crippen molar-refractivity contribution in [3.05, 3.63) is 82.0 Å². The number of carbonyl (C=O) groups is 1. The monoisotopic (exact) mass is 775 g/mol. The lowest BCUT2D eigenvalue weighted by Crippen LogP contribution is -2.46. The lowest BCUT2D eigenvalue weighted by atomic mass is 10.1. The molecule has 266 valence electrons. The number of fused-ring (bicyclic) bond motifs is 2. The molecule has 16 heteroatoms. The van der Waals surface area contributed by atoms with Gasteiger partial charge in [-0.15, -0.1) is 5.10 Å². The summed E-state index contributed by atoms with van der Waals surface area (Å²) in [6, 6.07) is 13.9. The molecular weight excluding hydrogens is 739 g/mol. The predicted octanol–water partition coefficient (Wildman–Crippen LogP) is 7.79. The third kappa shape index (κ3) is 6.99. The normalized spacial score (nSPS) is 16.6. The first-order valence-corrected chi connectivity index (χ1v) is 18.7. The average Bonchev–Trinajstić information content (AvgIpc) is 3.70. The van der Waals surface area contributed by atoms with E-state index >= 15 is 0 Å². The van der Waals surface area contributed by atoms with Crippen molar-refractivity contribution in [2.24, 2.45) is 0 Å². The number of aromatic nitrogens is 5. The summed E-state index contributed by atoms with van der Waals surface area (Å²) in [5, 5.41) is 11.6. The molecule has 1 fully saturated rings. The highest BCUT2D eigenvalue weighted by molar-refractivity contribution is 9.10. The first-order chi connectivity index (χ1) is 24.1. The van der Waals surface area contributed by atoms with Crippen molar-refractivity contribution < 1.29 is 41.4 Å². The highest BCUT2D eigenvalue weighted by Crippen LogP contribution is 2.62. The van der Waals surface area contributed by atoms with Crippen LogP contribution in [0.25, 0.3) is 27.6 Å². The zero-order valence-corrected chi connectivity index (χ0v) is 30.3. The summed E-state index contributed by atoms with van der Waals surface area (Å²) in [6.45, 7) is 4.96. The zero-order chi connectivity index (χ0) is 35.5. The number of halogens is 3. The van der Waals surface area contributed by atoms with Crippen molar-refractivity contribution in [2.75, 3.05) is 26.4 Å². The second kappa shape index (κ2) is 15.3. The first kappa shape index (κ1) is 36.2. The minimum atomic E-state index is -4.42. The van der Waals surface area contributed by atoms with Gasteiger partial charge in [0.15, 0.2) is 12.0 Å². The number of nitrogens with zero attached hydrogens (tertiary/aromatic N) is 5. The maximum Gasteiger partial charge on any atom is 0.374 e. The van der Waals surface area contributed by atoms with Gasteiger partial charge in [-0.1, -0.05) is 33.3 Å². The standard InChI is InChI=1S/C34H37BrF2N5O7P/c1-4-45-33(43)34(50(44,48-5-2)49-6-3,20-22-10-12-24(36)13-11-22)47-21-28-26-15-14-25(19-29(26)42(39-28)31-9-7-8-16-46-31)41-30-18-23(35)17-27(37)32(30)38-40-41/h10-15,17-19,31H,4-9,16,20-21H2,1-3H3. The Hall–Kier alpha value is -3.59. The fraction of sp³-hybridized carbons (Fsp3) is 0.412. The molecule has 0 aliphatic carbocycles. The van der Waals surface area contributed by atoms with Crippen molar-refractivity contribution in [3.63, 3.8) is 0 Å². The quantitative estimate of drug-likeness (QED) is 0.0814. The van der Waals surface area contributed by atoms with Gasteiger partial charge in [-0.2, -0.15) is 5.10 Å². The summed E-state index contributed by atoms with van der Waals surface area (Å²) < 4.78 is 76.6. The van der Waals surface area contributed by atoms with Crippen LogP contribution in [0.4, 0.5) is 8.78 Å². The Labute approximate surface area is 295 Å². The van der Waals surface area contributed by atoms with E-state index in [1.807, 2.05) is 12.1 Å². The second-order valence-corrected chi connectivity index (χ2v) is 14.7. The van der Waals surface area contributed by atoms with E-state index in [9.17, 15) is 18.1 Å². The molecule has 0 radical (unpaired) electrons. The van der Waals surface area contributed by atoms with Crippen molar-refractivity contribution in [1.82, 2.24) is 24.8 Å². The molecule has 0 spiro atoms. The molecule has 5 aromatic rings. The largest absolute Gasteiger partial charge is 0.463 e. The molecule has 1 aliphatic heterocycles. The smallest absolute Gasteiger partial charge is 0.374 e. The fourth-order valence-corrected chi connectivity index (χ4v) is 8.55. The highest BCUT2D eigenvalue weighted by atomic mass is 79.9. The van der Waals surface area contributed by atoms with Crippen LogP contribution >= 0.6 is 23.5 Å². The summed E-state index contributed by atoms with van der Waals surface area (Å²) in [4.78, 5) is 14.0. The Morgan fingerprint density at radius 1 is 1.02 bits per heavy atom. The van der Waals surface area contributed by atoms with Crippen molar-refractivity contribution in [2.45, 2.75) is 64.6 Å². The van der Waals surface area contributed by atoms with Crippen LogP contribution in [-0.4, -0.2) is 62.5 Å². The summed E-state index contributed by atoms with van der Waals surface area (Å²) in [5.74, 6) is -1.94. The van der Waals surface area contributed by atoms with E-state index in [2.05, 4.69) is 26.2 Å². The van der Waals surface area contributed by atoms with Gasteiger partial charge in [-0.05, 0) is 88.1 Å². The predicted molar refractivity (Wildman–Crippen MR) is 184 cm³/mol. The molecule has 1 saturated heterocycles. The maximum atomic E-state index is 14.7. The Morgan fingerprint density at radius 2 is 1.78 bits per heavy atom. The van der Waals surface area contributed by atoms with E-state index in [4.69, 9.17) is 28.4 Å². The number of benzene rings is 3. The van der Waals surface area contributed by atoms with Crippen LogP contribution < -0.4 is 0 Å². The Bertz CT molecular complexity index is 2030. The molecule has 0 amide bonds. The lowest BCUT2D eigenvalue weighted by Gasteiger charge is -2.36. The average molecular weight is 777 g/mol. The van der Waals surface area contributed by atoms with Gasteiger partial charge in [0.1, 0.15) is 11.3 Å². The van der Waals surface area contributed by atoms with Crippen molar-refractivity contribution in [1.29, 1.82) is 0 Å².